The number of nitrogens with zero attached hydrogens (tertiary/aromatic N) is 2. The summed E-state index contributed by atoms with van der Waals surface area (Å²) >= 11 is 0. The van der Waals surface area contributed by atoms with E-state index in [1.54, 1.807) is 0 Å². The van der Waals surface area contributed by atoms with Crippen molar-refractivity contribution in [1.82, 2.24) is 4.90 Å². The summed E-state index contributed by atoms with van der Waals surface area (Å²) in [6, 6.07) is 17.1. The number of rotatable bonds is 3. The van der Waals surface area contributed by atoms with Crippen molar-refractivity contribution in [3.8, 4) is 0 Å². The average molecular weight is 347 g/mol. The number of anilines is 2. The van der Waals surface area contributed by atoms with Crippen LogP contribution in [0.15, 0.2) is 48.5 Å². The Morgan fingerprint density at radius 1 is 0.885 bits per heavy atom. The normalized spacial score (nSPS) is 22.8. The van der Waals surface area contributed by atoms with Gasteiger partial charge >= 0.3 is 0 Å². The Hall–Kier alpha value is -2.49. The molecule has 134 valence electrons. The van der Waals surface area contributed by atoms with E-state index >= 15 is 0 Å². The number of benzene rings is 2. The fraction of sp³-hybridized carbons (Fsp3) is 0.409. The van der Waals surface area contributed by atoms with Crippen LogP contribution in [0.2, 0.25) is 0 Å². The SMILES string of the molecule is O=C1c2ccccc2NC(c2ccc(N3CCCCC3)cc2)N1C1CC1. The molecule has 2 aliphatic heterocycles. The van der Waals surface area contributed by atoms with Gasteiger partial charge in [0, 0.05) is 30.5 Å². The molecule has 0 radical (unpaired) electrons. The van der Waals surface area contributed by atoms with Crippen LogP contribution < -0.4 is 10.2 Å². The van der Waals surface area contributed by atoms with E-state index in [1.807, 2.05) is 24.3 Å². The number of para-hydroxylation sites is 1. The van der Waals surface area contributed by atoms with Crippen LogP contribution in [0, 0.1) is 0 Å². The number of nitrogens with one attached hydrogen (secondary N) is 1. The Morgan fingerprint density at radius 2 is 1.62 bits per heavy atom. The Morgan fingerprint density at radius 3 is 2.35 bits per heavy atom. The third-order valence-electron chi connectivity index (χ3n) is 5.83. The van der Waals surface area contributed by atoms with Crippen LogP contribution in [-0.4, -0.2) is 29.9 Å². The summed E-state index contributed by atoms with van der Waals surface area (Å²) in [5.74, 6) is 0.159. The standard InChI is InChI=1S/C22H25N3O/c26-22-19-6-2-3-7-20(19)23-21(25(22)18-12-13-18)16-8-10-17(11-9-16)24-14-4-1-5-15-24/h2-3,6-11,18,21,23H,1,4-5,12-15H2. The molecule has 2 aromatic rings. The van der Waals surface area contributed by atoms with Crippen LogP contribution in [0.4, 0.5) is 11.4 Å². The number of carbonyl (C=O) groups excluding carboxylic acids is 1. The van der Waals surface area contributed by atoms with Crippen LogP contribution in [0.1, 0.15) is 54.2 Å². The molecule has 0 bridgehead atoms. The van der Waals surface area contributed by atoms with E-state index in [2.05, 4.69) is 39.4 Å². The Kier molecular flexibility index (Phi) is 3.84. The quantitative estimate of drug-likeness (QED) is 0.893. The molecule has 3 aliphatic rings. The highest BCUT2D eigenvalue weighted by Crippen LogP contribution is 2.41. The number of piperidine rings is 1. The summed E-state index contributed by atoms with van der Waals surface area (Å²) in [5, 5.41) is 3.61. The van der Waals surface area contributed by atoms with E-state index in [0.29, 0.717) is 6.04 Å². The molecule has 1 saturated carbocycles. The molecule has 2 aromatic carbocycles. The topological polar surface area (TPSA) is 35.6 Å². The molecule has 0 spiro atoms. The number of carbonyl (C=O) groups is 1. The lowest BCUT2D eigenvalue weighted by Crippen LogP contribution is -2.44. The van der Waals surface area contributed by atoms with Crippen LogP contribution in [0.25, 0.3) is 0 Å². The van der Waals surface area contributed by atoms with E-state index in [0.717, 1.165) is 37.2 Å². The van der Waals surface area contributed by atoms with Crippen molar-refractivity contribution in [1.29, 1.82) is 0 Å². The molecule has 1 N–H and O–H groups in total. The minimum atomic E-state index is -0.0692. The zero-order valence-corrected chi connectivity index (χ0v) is 15.0. The zero-order valence-electron chi connectivity index (χ0n) is 15.0. The van der Waals surface area contributed by atoms with Crippen molar-refractivity contribution in [2.24, 2.45) is 0 Å². The first-order valence-electron chi connectivity index (χ1n) is 9.84. The van der Waals surface area contributed by atoms with E-state index in [9.17, 15) is 4.79 Å². The molecule has 4 heteroatoms. The van der Waals surface area contributed by atoms with Gasteiger partial charge in [-0.15, -0.1) is 0 Å². The van der Waals surface area contributed by atoms with Crippen molar-refractivity contribution >= 4 is 17.3 Å². The molecule has 5 rings (SSSR count). The first-order valence-corrected chi connectivity index (χ1v) is 9.84. The van der Waals surface area contributed by atoms with Gasteiger partial charge in [-0.05, 0) is 61.9 Å². The van der Waals surface area contributed by atoms with Crippen LogP contribution in [0.5, 0.6) is 0 Å². The second kappa shape index (κ2) is 6.35. The summed E-state index contributed by atoms with van der Waals surface area (Å²) in [6.45, 7) is 2.31. The molecule has 26 heavy (non-hydrogen) atoms. The molecular weight excluding hydrogens is 322 g/mol. The van der Waals surface area contributed by atoms with Gasteiger partial charge in [0.2, 0.25) is 0 Å². The summed E-state index contributed by atoms with van der Waals surface area (Å²) < 4.78 is 0. The number of fused-ring (bicyclic) bond motifs is 1. The summed E-state index contributed by atoms with van der Waals surface area (Å²) in [7, 11) is 0. The lowest BCUT2D eigenvalue weighted by atomic mass is 10.0. The van der Waals surface area contributed by atoms with E-state index < -0.39 is 0 Å². The van der Waals surface area contributed by atoms with Crippen molar-refractivity contribution in [3.05, 3.63) is 59.7 Å². The fourth-order valence-corrected chi connectivity index (χ4v) is 4.26. The Balaban J connectivity index is 1.45. The molecule has 2 heterocycles. The first-order chi connectivity index (χ1) is 12.8. The fourth-order valence-electron chi connectivity index (χ4n) is 4.26. The number of hydrogen-bond acceptors (Lipinski definition) is 3. The smallest absolute Gasteiger partial charge is 0.258 e. The van der Waals surface area contributed by atoms with Gasteiger partial charge in [0.15, 0.2) is 0 Å². The summed E-state index contributed by atoms with van der Waals surface area (Å²) in [6.07, 6.45) is 6.06. The highest BCUT2D eigenvalue weighted by molar-refractivity contribution is 6.02. The zero-order chi connectivity index (χ0) is 17.5. The van der Waals surface area contributed by atoms with Gasteiger partial charge in [-0.3, -0.25) is 4.79 Å². The van der Waals surface area contributed by atoms with Gasteiger partial charge in [0.25, 0.3) is 5.91 Å². The largest absolute Gasteiger partial charge is 0.372 e. The Bertz CT molecular complexity index is 806. The predicted octanol–water partition coefficient (Wildman–Crippen LogP) is 4.41. The monoisotopic (exact) mass is 347 g/mol. The highest BCUT2D eigenvalue weighted by atomic mass is 16.2. The van der Waals surface area contributed by atoms with Crippen LogP contribution >= 0.6 is 0 Å². The molecule has 1 unspecified atom stereocenters. The van der Waals surface area contributed by atoms with Crippen LogP contribution in [-0.2, 0) is 0 Å². The molecular formula is C22H25N3O. The molecule has 2 fully saturated rings. The van der Waals surface area contributed by atoms with Gasteiger partial charge in [0.05, 0.1) is 5.56 Å². The second-order valence-corrected chi connectivity index (χ2v) is 7.68. The van der Waals surface area contributed by atoms with Gasteiger partial charge in [-0.25, -0.2) is 0 Å². The van der Waals surface area contributed by atoms with Gasteiger partial charge < -0.3 is 15.1 Å². The lowest BCUT2D eigenvalue weighted by molar-refractivity contribution is 0.0666. The first kappa shape index (κ1) is 15.7. The van der Waals surface area contributed by atoms with Crippen molar-refractivity contribution in [2.75, 3.05) is 23.3 Å². The molecule has 4 nitrogen and oxygen atoms in total. The lowest BCUT2D eigenvalue weighted by Gasteiger charge is -2.38. The number of hydrogen-bond donors (Lipinski definition) is 1. The number of amides is 1. The van der Waals surface area contributed by atoms with Crippen LogP contribution in [0.3, 0.4) is 0 Å². The average Bonchev–Trinajstić information content (AvgIpc) is 3.54. The predicted molar refractivity (Wildman–Crippen MR) is 105 cm³/mol. The maximum atomic E-state index is 13.1. The summed E-state index contributed by atoms with van der Waals surface area (Å²) in [5.41, 5.74) is 4.20. The minimum absolute atomic E-state index is 0.0692. The van der Waals surface area contributed by atoms with Crippen molar-refractivity contribution < 1.29 is 4.79 Å². The Labute approximate surface area is 154 Å². The van der Waals surface area contributed by atoms with E-state index in [-0.39, 0.29) is 12.1 Å². The molecule has 1 atom stereocenters. The van der Waals surface area contributed by atoms with Gasteiger partial charge in [-0.2, -0.15) is 0 Å². The third kappa shape index (κ3) is 2.74. The maximum absolute atomic E-state index is 13.1. The van der Waals surface area contributed by atoms with Crippen molar-refractivity contribution in [2.45, 2.75) is 44.3 Å². The van der Waals surface area contributed by atoms with E-state index in [4.69, 9.17) is 0 Å². The summed E-state index contributed by atoms with van der Waals surface area (Å²) in [4.78, 5) is 17.6. The third-order valence-corrected chi connectivity index (χ3v) is 5.83. The molecule has 1 saturated heterocycles. The molecule has 0 aromatic heterocycles. The highest BCUT2D eigenvalue weighted by Gasteiger charge is 2.41. The maximum Gasteiger partial charge on any atom is 0.258 e. The van der Waals surface area contributed by atoms with Gasteiger partial charge in [0.1, 0.15) is 6.17 Å². The van der Waals surface area contributed by atoms with Crippen molar-refractivity contribution in [3.63, 3.8) is 0 Å². The van der Waals surface area contributed by atoms with E-state index in [1.165, 1.54) is 30.5 Å². The minimum Gasteiger partial charge on any atom is -0.372 e. The molecule has 1 amide bonds. The second-order valence-electron chi connectivity index (χ2n) is 7.68. The molecule has 1 aliphatic carbocycles. The van der Waals surface area contributed by atoms with Gasteiger partial charge in [-0.1, -0.05) is 24.3 Å².